The summed E-state index contributed by atoms with van der Waals surface area (Å²) in [5.41, 5.74) is 1.14. The molecule has 0 aliphatic heterocycles. The zero-order valence-corrected chi connectivity index (χ0v) is 12.4. The van der Waals surface area contributed by atoms with Crippen molar-refractivity contribution < 1.29 is 9.18 Å². The maximum atomic E-state index is 13.8. The van der Waals surface area contributed by atoms with E-state index < -0.39 is 5.41 Å². The summed E-state index contributed by atoms with van der Waals surface area (Å²) in [6, 6.07) is 16.3. The average molecular weight is 285 g/mol. The molecular weight excluding hydrogens is 265 g/mol. The van der Waals surface area contributed by atoms with Gasteiger partial charge < -0.3 is 5.32 Å². The van der Waals surface area contributed by atoms with Crippen LogP contribution < -0.4 is 5.32 Å². The molecule has 0 atom stereocenters. The number of nitrogens with one attached hydrogen (secondary N) is 1. The zero-order chi connectivity index (χ0) is 15.3. The molecule has 3 heteroatoms. The van der Waals surface area contributed by atoms with Crippen LogP contribution in [0.15, 0.2) is 54.6 Å². The first kappa shape index (κ1) is 15.2. The second-order valence-corrected chi connectivity index (χ2v) is 5.80. The monoisotopic (exact) mass is 285 g/mol. The Morgan fingerprint density at radius 2 is 1.67 bits per heavy atom. The molecule has 21 heavy (non-hydrogen) atoms. The third kappa shape index (κ3) is 4.15. The molecule has 0 heterocycles. The summed E-state index contributed by atoms with van der Waals surface area (Å²) >= 11 is 0. The van der Waals surface area contributed by atoms with Crippen molar-refractivity contribution in [2.45, 2.75) is 25.7 Å². The Balaban J connectivity index is 1.96. The molecule has 110 valence electrons. The summed E-state index contributed by atoms with van der Waals surface area (Å²) in [5, 5.41) is 2.89. The Hall–Kier alpha value is -2.16. The van der Waals surface area contributed by atoms with Crippen molar-refractivity contribution in [2.75, 3.05) is 6.54 Å². The van der Waals surface area contributed by atoms with Gasteiger partial charge in [0, 0.05) is 12.0 Å². The lowest BCUT2D eigenvalue weighted by Crippen LogP contribution is -2.37. The van der Waals surface area contributed by atoms with Crippen molar-refractivity contribution in [3.8, 4) is 0 Å². The van der Waals surface area contributed by atoms with Gasteiger partial charge in [0.1, 0.15) is 5.82 Å². The van der Waals surface area contributed by atoms with Crippen LogP contribution in [0.25, 0.3) is 0 Å². The van der Waals surface area contributed by atoms with Gasteiger partial charge in [0.25, 0.3) is 0 Å². The van der Waals surface area contributed by atoms with Crippen molar-refractivity contribution in [2.24, 2.45) is 0 Å². The SMILES string of the molecule is CC(C)(CNC(=O)Cc1ccccc1)c1ccccc1F. The fourth-order valence-electron chi connectivity index (χ4n) is 2.27. The highest BCUT2D eigenvalue weighted by Crippen LogP contribution is 2.24. The van der Waals surface area contributed by atoms with Crippen LogP contribution in [-0.4, -0.2) is 12.5 Å². The van der Waals surface area contributed by atoms with Gasteiger partial charge in [-0.05, 0) is 17.2 Å². The highest BCUT2D eigenvalue weighted by molar-refractivity contribution is 5.78. The third-order valence-electron chi connectivity index (χ3n) is 3.54. The Morgan fingerprint density at radius 3 is 2.33 bits per heavy atom. The Labute approximate surface area is 125 Å². The van der Waals surface area contributed by atoms with Gasteiger partial charge in [-0.3, -0.25) is 4.79 Å². The van der Waals surface area contributed by atoms with E-state index in [9.17, 15) is 9.18 Å². The number of rotatable bonds is 5. The van der Waals surface area contributed by atoms with E-state index in [0.717, 1.165) is 5.56 Å². The average Bonchev–Trinajstić information content (AvgIpc) is 2.47. The molecule has 0 unspecified atom stereocenters. The van der Waals surface area contributed by atoms with E-state index in [1.165, 1.54) is 6.07 Å². The molecule has 2 aromatic carbocycles. The summed E-state index contributed by atoms with van der Waals surface area (Å²) in [7, 11) is 0. The smallest absolute Gasteiger partial charge is 0.224 e. The molecule has 2 rings (SSSR count). The standard InChI is InChI=1S/C18H20FNO/c1-18(2,15-10-6-7-11-16(15)19)13-20-17(21)12-14-8-4-3-5-9-14/h3-11H,12-13H2,1-2H3,(H,20,21). The van der Waals surface area contributed by atoms with Gasteiger partial charge in [-0.25, -0.2) is 4.39 Å². The molecule has 2 nitrogen and oxygen atoms in total. The summed E-state index contributed by atoms with van der Waals surface area (Å²) in [5.74, 6) is -0.287. The largest absolute Gasteiger partial charge is 0.355 e. The lowest BCUT2D eigenvalue weighted by Gasteiger charge is -2.26. The summed E-state index contributed by atoms with van der Waals surface area (Å²) in [6.45, 7) is 4.25. The van der Waals surface area contributed by atoms with Crippen LogP contribution in [0.1, 0.15) is 25.0 Å². The van der Waals surface area contributed by atoms with Gasteiger partial charge in [-0.2, -0.15) is 0 Å². The summed E-state index contributed by atoms with van der Waals surface area (Å²) in [6.07, 6.45) is 0.341. The highest BCUT2D eigenvalue weighted by atomic mass is 19.1. The van der Waals surface area contributed by atoms with Crippen LogP contribution in [0.4, 0.5) is 4.39 Å². The van der Waals surface area contributed by atoms with E-state index >= 15 is 0 Å². The van der Waals surface area contributed by atoms with E-state index in [0.29, 0.717) is 18.5 Å². The Morgan fingerprint density at radius 1 is 1.05 bits per heavy atom. The first-order valence-corrected chi connectivity index (χ1v) is 7.05. The van der Waals surface area contributed by atoms with Gasteiger partial charge >= 0.3 is 0 Å². The molecule has 0 saturated carbocycles. The minimum atomic E-state index is -0.447. The fraction of sp³-hybridized carbons (Fsp3) is 0.278. The van der Waals surface area contributed by atoms with E-state index in [2.05, 4.69) is 5.32 Å². The number of amides is 1. The van der Waals surface area contributed by atoms with E-state index in [4.69, 9.17) is 0 Å². The molecule has 1 amide bonds. The van der Waals surface area contributed by atoms with Crippen LogP contribution in [0, 0.1) is 5.82 Å². The molecule has 0 aromatic heterocycles. The van der Waals surface area contributed by atoms with Gasteiger partial charge in [-0.15, -0.1) is 0 Å². The van der Waals surface area contributed by atoms with Crippen molar-refractivity contribution in [3.05, 3.63) is 71.5 Å². The first-order valence-electron chi connectivity index (χ1n) is 7.05. The predicted octanol–water partition coefficient (Wildman–Crippen LogP) is 3.46. The van der Waals surface area contributed by atoms with Gasteiger partial charge in [0.15, 0.2) is 0 Å². The fourth-order valence-corrected chi connectivity index (χ4v) is 2.27. The van der Waals surface area contributed by atoms with Crippen LogP contribution >= 0.6 is 0 Å². The topological polar surface area (TPSA) is 29.1 Å². The van der Waals surface area contributed by atoms with Crippen molar-refractivity contribution in [1.29, 1.82) is 0 Å². The lowest BCUT2D eigenvalue weighted by atomic mass is 9.84. The van der Waals surface area contributed by atoms with Crippen LogP contribution in [0.2, 0.25) is 0 Å². The van der Waals surface area contributed by atoms with E-state index in [-0.39, 0.29) is 11.7 Å². The number of carbonyl (C=O) groups is 1. The van der Waals surface area contributed by atoms with E-state index in [1.54, 1.807) is 12.1 Å². The van der Waals surface area contributed by atoms with Gasteiger partial charge in [0.05, 0.1) is 6.42 Å². The van der Waals surface area contributed by atoms with Crippen molar-refractivity contribution in [3.63, 3.8) is 0 Å². The molecular formula is C18H20FNO. The van der Waals surface area contributed by atoms with Crippen LogP contribution in [0.3, 0.4) is 0 Å². The number of carbonyl (C=O) groups excluding carboxylic acids is 1. The molecule has 2 aromatic rings. The van der Waals surface area contributed by atoms with Crippen LogP contribution in [-0.2, 0) is 16.6 Å². The minimum absolute atomic E-state index is 0.0504. The molecule has 0 spiro atoms. The zero-order valence-electron chi connectivity index (χ0n) is 12.4. The summed E-state index contributed by atoms with van der Waals surface area (Å²) < 4.78 is 13.8. The highest BCUT2D eigenvalue weighted by Gasteiger charge is 2.24. The summed E-state index contributed by atoms with van der Waals surface area (Å²) in [4.78, 5) is 12.0. The number of hydrogen-bond donors (Lipinski definition) is 1. The molecule has 0 aliphatic carbocycles. The van der Waals surface area contributed by atoms with Gasteiger partial charge in [0.2, 0.25) is 5.91 Å². The molecule has 0 fully saturated rings. The maximum absolute atomic E-state index is 13.8. The number of hydrogen-bond acceptors (Lipinski definition) is 1. The minimum Gasteiger partial charge on any atom is -0.355 e. The normalized spacial score (nSPS) is 11.2. The number of halogens is 1. The number of benzene rings is 2. The molecule has 0 aliphatic rings. The molecule has 0 radical (unpaired) electrons. The first-order chi connectivity index (χ1) is 9.99. The molecule has 0 saturated heterocycles. The maximum Gasteiger partial charge on any atom is 0.224 e. The predicted molar refractivity (Wildman–Crippen MR) is 82.6 cm³/mol. The van der Waals surface area contributed by atoms with Gasteiger partial charge in [-0.1, -0.05) is 62.4 Å². The third-order valence-corrected chi connectivity index (χ3v) is 3.54. The quantitative estimate of drug-likeness (QED) is 0.895. The van der Waals surface area contributed by atoms with E-state index in [1.807, 2.05) is 50.2 Å². The van der Waals surface area contributed by atoms with Crippen molar-refractivity contribution in [1.82, 2.24) is 5.32 Å². The second-order valence-electron chi connectivity index (χ2n) is 5.80. The molecule has 0 bridgehead atoms. The Kier molecular flexibility index (Phi) is 4.73. The second kappa shape index (κ2) is 6.53. The van der Waals surface area contributed by atoms with Crippen LogP contribution in [0.5, 0.6) is 0 Å². The lowest BCUT2D eigenvalue weighted by molar-refractivity contribution is -0.120. The Bertz CT molecular complexity index is 608. The molecule has 1 N–H and O–H groups in total. The van der Waals surface area contributed by atoms with Crippen molar-refractivity contribution >= 4 is 5.91 Å².